The third-order valence-electron chi connectivity index (χ3n) is 4.53. The molecule has 0 aliphatic heterocycles. The summed E-state index contributed by atoms with van der Waals surface area (Å²) >= 11 is 1.50. The summed E-state index contributed by atoms with van der Waals surface area (Å²) in [6.07, 6.45) is 4.85. The molecule has 1 atom stereocenters. The highest BCUT2D eigenvalue weighted by atomic mass is 32.1. The van der Waals surface area contributed by atoms with Crippen LogP contribution in [0.25, 0.3) is 11.6 Å². The summed E-state index contributed by atoms with van der Waals surface area (Å²) < 4.78 is 5.07. The number of H-pyrrole nitrogens is 1. The van der Waals surface area contributed by atoms with Crippen molar-refractivity contribution in [3.05, 3.63) is 33.6 Å². The van der Waals surface area contributed by atoms with Crippen molar-refractivity contribution in [1.82, 2.24) is 36.2 Å². The van der Waals surface area contributed by atoms with Gasteiger partial charge in [-0.3, -0.25) is 25.5 Å². The molecule has 146 valence electrons. The van der Waals surface area contributed by atoms with Crippen molar-refractivity contribution < 1.29 is 14.1 Å². The molecule has 1 aliphatic carbocycles. The number of fused-ring (bicyclic) bond motifs is 1. The van der Waals surface area contributed by atoms with Gasteiger partial charge in [-0.2, -0.15) is 10.1 Å². The van der Waals surface area contributed by atoms with Crippen LogP contribution in [0.5, 0.6) is 0 Å². The minimum atomic E-state index is -0.345. The molecule has 0 aromatic carbocycles. The van der Waals surface area contributed by atoms with E-state index in [0.29, 0.717) is 22.5 Å². The Morgan fingerprint density at radius 3 is 3.11 bits per heavy atom. The molecule has 0 saturated carbocycles. The monoisotopic (exact) mass is 401 g/mol. The summed E-state index contributed by atoms with van der Waals surface area (Å²) in [4.78, 5) is 34.2. The number of thiophene rings is 1. The molecule has 11 heteroatoms. The SMILES string of the molecule is CC1CCc2sc(C(=O)NNC(=O)CCc3nc(-c4ncn[nH]4)no3)cc2C1. The number of hydrogen-bond donors (Lipinski definition) is 3. The van der Waals surface area contributed by atoms with Crippen molar-refractivity contribution in [3.8, 4) is 11.6 Å². The number of carbonyl (C=O) groups is 2. The highest BCUT2D eigenvalue weighted by molar-refractivity contribution is 7.14. The molecule has 2 amide bonds. The van der Waals surface area contributed by atoms with Gasteiger partial charge in [-0.15, -0.1) is 11.3 Å². The van der Waals surface area contributed by atoms with Gasteiger partial charge in [0.1, 0.15) is 6.33 Å². The fourth-order valence-corrected chi connectivity index (χ4v) is 4.16. The molecular weight excluding hydrogens is 382 g/mol. The fourth-order valence-electron chi connectivity index (χ4n) is 3.05. The lowest BCUT2D eigenvalue weighted by Gasteiger charge is -2.16. The quantitative estimate of drug-likeness (QED) is 0.550. The molecular formula is C17H19N7O3S. The van der Waals surface area contributed by atoms with Gasteiger partial charge in [0.05, 0.1) is 4.88 Å². The van der Waals surface area contributed by atoms with Crippen molar-refractivity contribution in [2.24, 2.45) is 5.92 Å². The summed E-state index contributed by atoms with van der Waals surface area (Å²) in [6.45, 7) is 2.22. The zero-order chi connectivity index (χ0) is 19.5. The molecule has 3 N–H and O–H groups in total. The van der Waals surface area contributed by atoms with E-state index >= 15 is 0 Å². The Bertz CT molecular complexity index is 979. The van der Waals surface area contributed by atoms with Gasteiger partial charge in [0, 0.05) is 17.7 Å². The molecule has 3 aromatic rings. The third kappa shape index (κ3) is 4.09. The van der Waals surface area contributed by atoms with Gasteiger partial charge in [-0.25, -0.2) is 4.98 Å². The number of hydrazine groups is 1. The minimum absolute atomic E-state index is 0.0940. The van der Waals surface area contributed by atoms with E-state index in [0.717, 1.165) is 19.3 Å². The second-order valence-electron chi connectivity index (χ2n) is 6.76. The van der Waals surface area contributed by atoms with Crippen LogP contribution in [0.2, 0.25) is 0 Å². The Morgan fingerprint density at radius 1 is 1.39 bits per heavy atom. The maximum atomic E-state index is 12.3. The van der Waals surface area contributed by atoms with E-state index < -0.39 is 0 Å². The lowest BCUT2D eigenvalue weighted by molar-refractivity contribution is -0.121. The number of aromatic nitrogens is 5. The predicted molar refractivity (Wildman–Crippen MR) is 99.1 cm³/mol. The highest BCUT2D eigenvalue weighted by Crippen LogP contribution is 2.32. The topological polar surface area (TPSA) is 139 Å². The van der Waals surface area contributed by atoms with Crippen molar-refractivity contribution >= 4 is 23.2 Å². The molecule has 0 saturated heterocycles. The van der Waals surface area contributed by atoms with E-state index in [-0.39, 0.29) is 30.5 Å². The van der Waals surface area contributed by atoms with Crippen molar-refractivity contribution in [2.75, 3.05) is 0 Å². The maximum Gasteiger partial charge on any atom is 0.279 e. The molecule has 0 fully saturated rings. The van der Waals surface area contributed by atoms with Crippen LogP contribution in [0.15, 0.2) is 16.9 Å². The van der Waals surface area contributed by atoms with Gasteiger partial charge in [-0.1, -0.05) is 12.1 Å². The summed E-state index contributed by atoms with van der Waals surface area (Å²) in [6, 6.07) is 1.93. The van der Waals surface area contributed by atoms with Crippen LogP contribution in [0.1, 0.15) is 45.8 Å². The smallest absolute Gasteiger partial charge is 0.279 e. The van der Waals surface area contributed by atoms with Crippen LogP contribution >= 0.6 is 11.3 Å². The number of rotatable bonds is 5. The number of carbonyl (C=O) groups excluding carboxylic acids is 2. The van der Waals surface area contributed by atoms with Crippen LogP contribution < -0.4 is 10.9 Å². The Kier molecular flexibility index (Phi) is 5.15. The molecule has 1 aliphatic rings. The Balaban J connectivity index is 1.25. The largest absolute Gasteiger partial charge is 0.339 e. The van der Waals surface area contributed by atoms with Gasteiger partial charge >= 0.3 is 0 Å². The van der Waals surface area contributed by atoms with E-state index in [1.807, 2.05) is 6.07 Å². The standard InChI is InChI=1S/C17H19N7O3S/c1-9-2-3-11-10(6-9)7-12(28-11)17(26)23-21-13(25)4-5-14-20-16(24-27-14)15-18-8-19-22-15/h7-9H,2-6H2,1H3,(H,21,25)(H,23,26)(H,18,19,22). The average Bonchev–Trinajstić information content (AvgIpc) is 3.43. The van der Waals surface area contributed by atoms with E-state index in [2.05, 4.69) is 43.1 Å². The van der Waals surface area contributed by atoms with E-state index in [1.54, 1.807) is 0 Å². The summed E-state index contributed by atoms with van der Waals surface area (Å²) in [5, 5.41) is 10.1. The lowest BCUT2D eigenvalue weighted by Crippen LogP contribution is -2.41. The lowest BCUT2D eigenvalue weighted by atomic mass is 9.90. The third-order valence-corrected chi connectivity index (χ3v) is 5.77. The number of aryl methyl sites for hydroxylation is 2. The highest BCUT2D eigenvalue weighted by Gasteiger charge is 2.21. The molecule has 28 heavy (non-hydrogen) atoms. The molecule has 0 spiro atoms. The molecule has 0 radical (unpaired) electrons. The van der Waals surface area contributed by atoms with Crippen molar-refractivity contribution in [3.63, 3.8) is 0 Å². The molecule has 1 unspecified atom stereocenters. The molecule has 10 nitrogen and oxygen atoms in total. The summed E-state index contributed by atoms with van der Waals surface area (Å²) in [5.41, 5.74) is 6.14. The number of nitrogens with one attached hydrogen (secondary N) is 3. The minimum Gasteiger partial charge on any atom is -0.339 e. The summed E-state index contributed by atoms with van der Waals surface area (Å²) in [7, 11) is 0. The first-order valence-corrected chi connectivity index (χ1v) is 9.79. The van der Waals surface area contributed by atoms with E-state index in [4.69, 9.17) is 4.52 Å². The van der Waals surface area contributed by atoms with Crippen LogP contribution in [0.3, 0.4) is 0 Å². The number of nitrogens with zero attached hydrogens (tertiary/aromatic N) is 4. The number of hydrogen-bond acceptors (Lipinski definition) is 8. The van der Waals surface area contributed by atoms with Gasteiger partial charge in [0.2, 0.25) is 17.6 Å². The normalized spacial score (nSPS) is 15.8. The first kappa shape index (κ1) is 18.3. The second-order valence-corrected chi connectivity index (χ2v) is 7.89. The molecule has 0 bridgehead atoms. The predicted octanol–water partition coefficient (Wildman–Crippen LogP) is 1.43. The van der Waals surface area contributed by atoms with Gasteiger partial charge < -0.3 is 4.52 Å². The molecule has 4 rings (SSSR count). The average molecular weight is 401 g/mol. The van der Waals surface area contributed by atoms with E-state index in [1.165, 1.54) is 28.1 Å². The van der Waals surface area contributed by atoms with Gasteiger partial charge in [-0.05, 0) is 36.8 Å². The summed E-state index contributed by atoms with van der Waals surface area (Å²) in [5.74, 6) is 0.963. The number of aromatic amines is 1. The first-order valence-electron chi connectivity index (χ1n) is 8.97. The zero-order valence-electron chi connectivity index (χ0n) is 15.2. The Hall–Kier alpha value is -3.08. The fraction of sp³-hybridized carbons (Fsp3) is 0.412. The molecule has 3 aromatic heterocycles. The van der Waals surface area contributed by atoms with E-state index in [9.17, 15) is 9.59 Å². The van der Waals surface area contributed by atoms with Crippen LogP contribution in [0.4, 0.5) is 0 Å². The second kappa shape index (κ2) is 7.89. The van der Waals surface area contributed by atoms with Gasteiger partial charge in [0.25, 0.3) is 5.91 Å². The zero-order valence-corrected chi connectivity index (χ0v) is 16.0. The maximum absolute atomic E-state index is 12.3. The van der Waals surface area contributed by atoms with Crippen molar-refractivity contribution in [1.29, 1.82) is 0 Å². The first-order chi connectivity index (χ1) is 13.6. The molecule has 3 heterocycles. The van der Waals surface area contributed by atoms with Crippen LogP contribution in [-0.4, -0.2) is 37.1 Å². The Morgan fingerprint density at radius 2 is 2.29 bits per heavy atom. The van der Waals surface area contributed by atoms with Crippen LogP contribution in [0, 0.1) is 5.92 Å². The Labute approximate surface area is 164 Å². The van der Waals surface area contributed by atoms with Gasteiger partial charge in [0.15, 0.2) is 5.82 Å². The van der Waals surface area contributed by atoms with Crippen LogP contribution in [-0.2, 0) is 24.1 Å². The van der Waals surface area contributed by atoms with Crippen molar-refractivity contribution in [2.45, 2.75) is 39.0 Å². The number of amides is 2.